The second kappa shape index (κ2) is 10.9. The first-order valence-electron chi connectivity index (χ1n) is 15.8. The maximum Gasteiger partial charge on any atom is 0.252 e. The van der Waals surface area contributed by atoms with Crippen LogP contribution in [0.2, 0.25) is 0 Å². The molecule has 2 aliphatic rings. The highest BCUT2D eigenvalue weighted by Gasteiger charge is 2.44. The number of hydrogen-bond donors (Lipinski definition) is 0. The van der Waals surface area contributed by atoms with Crippen molar-refractivity contribution >= 4 is 74.3 Å². The summed E-state index contributed by atoms with van der Waals surface area (Å²) in [5, 5.41) is 0. The normalized spacial score (nSPS) is 12.7. The molecule has 0 unspecified atom stereocenters. The molecule has 0 aromatic heterocycles. The number of rotatable bonds is 5. The molecule has 0 aliphatic carbocycles. The SMILES string of the molecule is c1ccc(N(c2ccccc2)c2ccc3c4c2N(c2ccccc2)c2ccccc2B4c2ccccc2N3c2ccccc2)cc1. The fourth-order valence-electron chi connectivity index (χ4n) is 7.36. The Morgan fingerprint density at radius 3 is 1.35 bits per heavy atom. The molecule has 0 saturated carbocycles. The Morgan fingerprint density at radius 2 is 0.804 bits per heavy atom. The van der Waals surface area contributed by atoms with Gasteiger partial charge in [0.15, 0.2) is 0 Å². The van der Waals surface area contributed by atoms with E-state index in [0.29, 0.717) is 0 Å². The van der Waals surface area contributed by atoms with Crippen molar-refractivity contribution in [3.05, 3.63) is 182 Å². The van der Waals surface area contributed by atoms with Gasteiger partial charge in [-0.05, 0) is 89.2 Å². The van der Waals surface area contributed by atoms with E-state index >= 15 is 0 Å². The van der Waals surface area contributed by atoms with Gasteiger partial charge in [-0.15, -0.1) is 0 Å². The fourth-order valence-corrected chi connectivity index (χ4v) is 7.36. The van der Waals surface area contributed by atoms with E-state index < -0.39 is 0 Å². The molecule has 0 N–H and O–H groups in total. The summed E-state index contributed by atoms with van der Waals surface area (Å²) in [4.78, 5) is 7.33. The van der Waals surface area contributed by atoms with E-state index in [-0.39, 0.29) is 6.71 Å². The van der Waals surface area contributed by atoms with E-state index in [1.807, 2.05) is 0 Å². The molecule has 0 fully saturated rings. The highest BCUT2D eigenvalue weighted by atomic mass is 15.2. The summed E-state index contributed by atoms with van der Waals surface area (Å²) in [6, 6.07) is 65.6. The zero-order chi connectivity index (χ0) is 30.5. The van der Waals surface area contributed by atoms with E-state index in [9.17, 15) is 0 Å². The van der Waals surface area contributed by atoms with Crippen molar-refractivity contribution in [1.82, 2.24) is 0 Å². The van der Waals surface area contributed by atoms with Crippen molar-refractivity contribution in [3.63, 3.8) is 0 Å². The number of benzene rings is 7. The average molecular weight is 588 g/mol. The molecule has 2 aliphatic heterocycles. The molecule has 0 atom stereocenters. The van der Waals surface area contributed by atoms with Crippen LogP contribution in [0.4, 0.5) is 51.2 Å². The van der Waals surface area contributed by atoms with E-state index in [1.54, 1.807) is 0 Å². The second-order valence-corrected chi connectivity index (χ2v) is 11.8. The molecule has 4 heteroatoms. The molecule has 0 amide bonds. The quantitative estimate of drug-likeness (QED) is 0.186. The lowest BCUT2D eigenvalue weighted by molar-refractivity contribution is 1.21. The molecule has 7 aromatic carbocycles. The van der Waals surface area contributed by atoms with Gasteiger partial charge in [0.25, 0.3) is 6.71 Å². The van der Waals surface area contributed by atoms with Crippen LogP contribution in [-0.4, -0.2) is 6.71 Å². The highest BCUT2D eigenvalue weighted by Crippen LogP contribution is 2.50. The van der Waals surface area contributed by atoms with Gasteiger partial charge in [-0.25, -0.2) is 0 Å². The smallest absolute Gasteiger partial charge is 0.252 e. The first-order valence-corrected chi connectivity index (χ1v) is 15.8. The van der Waals surface area contributed by atoms with Gasteiger partial charge in [-0.2, -0.15) is 0 Å². The third-order valence-corrected chi connectivity index (χ3v) is 9.20. The van der Waals surface area contributed by atoms with Gasteiger partial charge in [-0.3, -0.25) is 0 Å². The average Bonchev–Trinajstić information content (AvgIpc) is 3.14. The van der Waals surface area contributed by atoms with E-state index in [1.165, 1.54) is 39.1 Å². The summed E-state index contributed by atoms with van der Waals surface area (Å²) >= 11 is 0. The van der Waals surface area contributed by atoms with Crippen molar-refractivity contribution in [3.8, 4) is 0 Å². The number of anilines is 9. The summed E-state index contributed by atoms with van der Waals surface area (Å²) < 4.78 is 0. The van der Waals surface area contributed by atoms with Crippen molar-refractivity contribution in [2.24, 2.45) is 0 Å². The molecule has 0 saturated heterocycles. The molecular weight excluding hydrogens is 557 g/mol. The summed E-state index contributed by atoms with van der Waals surface area (Å²) in [6.45, 7) is 0.0608. The van der Waals surface area contributed by atoms with Crippen LogP contribution >= 0.6 is 0 Å². The third kappa shape index (κ3) is 4.08. The first kappa shape index (κ1) is 26.4. The van der Waals surface area contributed by atoms with Crippen LogP contribution in [0.1, 0.15) is 0 Å². The Hall–Kier alpha value is -6.00. The molecule has 7 aromatic rings. The maximum absolute atomic E-state index is 2.48. The van der Waals surface area contributed by atoms with Gasteiger partial charge in [0.2, 0.25) is 0 Å². The lowest BCUT2D eigenvalue weighted by Gasteiger charge is -2.45. The topological polar surface area (TPSA) is 9.72 Å². The van der Waals surface area contributed by atoms with Gasteiger partial charge in [0.05, 0.1) is 11.4 Å². The van der Waals surface area contributed by atoms with Gasteiger partial charge in [0, 0.05) is 39.8 Å². The second-order valence-electron chi connectivity index (χ2n) is 11.8. The largest absolute Gasteiger partial charge is 0.311 e. The Morgan fingerprint density at radius 1 is 0.370 bits per heavy atom. The predicted molar refractivity (Wildman–Crippen MR) is 195 cm³/mol. The highest BCUT2D eigenvalue weighted by molar-refractivity contribution is 7.00. The maximum atomic E-state index is 2.48. The summed E-state index contributed by atoms with van der Waals surface area (Å²) in [5.41, 5.74) is 14.4. The minimum absolute atomic E-state index is 0.0608. The number of fused-ring (bicyclic) bond motifs is 4. The van der Waals surface area contributed by atoms with Crippen LogP contribution in [0.25, 0.3) is 0 Å². The predicted octanol–water partition coefficient (Wildman–Crippen LogP) is 9.24. The molecule has 0 spiro atoms. The molecule has 3 nitrogen and oxygen atoms in total. The van der Waals surface area contributed by atoms with E-state index in [4.69, 9.17) is 0 Å². The lowest BCUT2D eigenvalue weighted by atomic mass is 9.33. The molecule has 216 valence electrons. The molecule has 0 radical (unpaired) electrons. The van der Waals surface area contributed by atoms with Crippen LogP contribution in [0, 0.1) is 0 Å². The third-order valence-electron chi connectivity index (χ3n) is 9.20. The molecule has 9 rings (SSSR count). The Balaban J connectivity index is 1.43. The van der Waals surface area contributed by atoms with Crippen molar-refractivity contribution < 1.29 is 0 Å². The van der Waals surface area contributed by atoms with Gasteiger partial charge < -0.3 is 14.7 Å². The lowest BCUT2D eigenvalue weighted by Crippen LogP contribution is -2.61. The zero-order valence-electron chi connectivity index (χ0n) is 25.2. The van der Waals surface area contributed by atoms with E-state index in [2.05, 4.69) is 197 Å². The van der Waals surface area contributed by atoms with Crippen LogP contribution in [0.3, 0.4) is 0 Å². The number of para-hydroxylation sites is 6. The molecule has 46 heavy (non-hydrogen) atoms. The van der Waals surface area contributed by atoms with Gasteiger partial charge >= 0.3 is 0 Å². The molecule has 0 bridgehead atoms. The Kier molecular flexibility index (Phi) is 6.24. The number of hydrogen-bond acceptors (Lipinski definition) is 3. The first-order chi connectivity index (χ1) is 22.9. The summed E-state index contributed by atoms with van der Waals surface area (Å²) in [7, 11) is 0. The summed E-state index contributed by atoms with van der Waals surface area (Å²) in [5.74, 6) is 0. The number of nitrogens with zero attached hydrogens (tertiary/aromatic N) is 3. The van der Waals surface area contributed by atoms with Crippen LogP contribution in [-0.2, 0) is 0 Å². The minimum atomic E-state index is 0.0608. The van der Waals surface area contributed by atoms with Crippen LogP contribution in [0.5, 0.6) is 0 Å². The van der Waals surface area contributed by atoms with Crippen molar-refractivity contribution in [2.75, 3.05) is 14.7 Å². The fraction of sp³-hybridized carbons (Fsp3) is 0. The van der Waals surface area contributed by atoms with E-state index in [0.717, 1.165) is 28.4 Å². The molecule has 2 heterocycles. The zero-order valence-corrected chi connectivity index (χ0v) is 25.2. The Bertz CT molecular complexity index is 2120. The minimum Gasteiger partial charge on any atom is -0.311 e. The summed E-state index contributed by atoms with van der Waals surface area (Å²) in [6.07, 6.45) is 0. The van der Waals surface area contributed by atoms with Crippen molar-refractivity contribution in [2.45, 2.75) is 0 Å². The Labute approximate surface area is 270 Å². The van der Waals surface area contributed by atoms with Crippen LogP contribution < -0.4 is 31.1 Å². The van der Waals surface area contributed by atoms with Gasteiger partial charge in [0.1, 0.15) is 0 Å². The van der Waals surface area contributed by atoms with Crippen LogP contribution in [0.15, 0.2) is 182 Å². The monoisotopic (exact) mass is 587 g/mol. The van der Waals surface area contributed by atoms with Gasteiger partial charge in [-0.1, -0.05) is 109 Å². The molecular formula is C42H30BN3. The standard InChI is InChI=1S/C42H30BN3/c1-5-17-31(18-6-1)44(32-19-7-2-8-20-32)40-30-29-39-41-42(40)46(34-23-11-4-12-24-34)38-28-16-14-26-36(38)43(41)35-25-13-15-27-37(35)45(39)33-21-9-3-10-22-33/h1-30H. The van der Waals surface area contributed by atoms with Crippen molar-refractivity contribution in [1.29, 1.82) is 0 Å².